The Morgan fingerprint density at radius 1 is 1.48 bits per heavy atom. The van der Waals surface area contributed by atoms with Gasteiger partial charge in [-0.1, -0.05) is 23.7 Å². The molecule has 1 heterocycles. The number of amides is 1. The fourth-order valence-electron chi connectivity index (χ4n) is 2.80. The summed E-state index contributed by atoms with van der Waals surface area (Å²) in [7, 11) is 0. The predicted octanol–water partition coefficient (Wildman–Crippen LogP) is 3.50. The van der Waals surface area contributed by atoms with Crippen molar-refractivity contribution in [2.24, 2.45) is 5.41 Å². The molecule has 1 aliphatic rings. The van der Waals surface area contributed by atoms with Crippen LogP contribution in [-0.4, -0.2) is 30.4 Å². The minimum absolute atomic E-state index is 0. The van der Waals surface area contributed by atoms with Crippen molar-refractivity contribution in [2.45, 2.75) is 33.2 Å². The van der Waals surface area contributed by atoms with E-state index in [-0.39, 0.29) is 23.7 Å². The van der Waals surface area contributed by atoms with Gasteiger partial charge in [-0.05, 0) is 50.9 Å². The average molecular weight is 331 g/mol. The van der Waals surface area contributed by atoms with Gasteiger partial charge >= 0.3 is 0 Å². The van der Waals surface area contributed by atoms with E-state index in [2.05, 4.69) is 12.2 Å². The molecule has 1 N–H and O–H groups in total. The molecule has 0 saturated carbocycles. The van der Waals surface area contributed by atoms with Gasteiger partial charge in [0.15, 0.2) is 0 Å². The summed E-state index contributed by atoms with van der Waals surface area (Å²) in [6.07, 6.45) is 2.03. The zero-order chi connectivity index (χ0) is 14.6. The van der Waals surface area contributed by atoms with Crippen LogP contribution in [0.5, 0.6) is 0 Å². The molecular weight excluding hydrogens is 307 g/mol. The highest BCUT2D eigenvalue weighted by atomic mass is 35.5. The van der Waals surface area contributed by atoms with E-state index in [9.17, 15) is 4.79 Å². The van der Waals surface area contributed by atoms with Crippen molar-refractivity contribution in [3.05, 3.63) is 34.9 Å². The lowest BCUT2D eigenvalue weighted by atomic mass is 9.81. The second-order valence-electron chi connectivity index (χ2n) is 5.79. The standard InChI is InChI=1S/C16H23ClN2O.ClH/c1-3-19(11-13-6-4-7-14(17)10-13)15(20)16(2)8-5-9-18-12-16;/h4,6-7,10,18H,3,5,8-9,11-12H2,1-2H3;1H. The summed E-state index contributed by atoms with van der Waals surface area (Å²) in [5, 5.41) is 4.06. The third-order valence-electron chi connectivity index (χ3n) is 4.04. The van der Waals surface area contributed by atoms with Crippen LogP contribution < -0.4 is 5.32 Å². The number of hydrogen-bond acceptors (Lipinski definition) is 2. The van der Waals surface area contributed by atoms with Gasteiger partial charge in [-0.25, -0.2) is 0 Å². The van der Waals surface area contributed by atoms with E-state index in [4.69, 9.17) is 11.6 Å². The fourth-order valence-corrected chi connectivity index (χ4v) is 3.02. The van der Waals surface area contributed by atoms with Crippen molar-refractivity contribution in [3.8, 4) is 0 Å². The highest BCUT2D eigenvalue weighted by Crippen LogP contribution is 2.28. The van der Waals surface area contributed by atoms with Gasteiger partial charge in [0.05, 0.1) is 5.41 Å². The number of rotatable bonds is 4. The van der Waals surface area contributed by atoms with Crippen LogP contribution in [0.2, 0.25) is 5.02 Å². The normalized spacial score (nSPS) is 21.5. The van der Waals surface area contributed by atoms with Gasteiger partial charge in [-0.3, -0.25) is 4.79 Å². The molecule has 1 aliphatic heterocycles. The Morgan fingerprint density at radius 3 is 2.81 bits per heavy atom. The zero-order valence-corrected chi connectivity index (χ0v) is 14.3. The van der Waals surface area contributed by atoms with Gasteiger partial charge in [0.1, 0.15) is 0 Å². The third-order valence-corrected chi connectivity index (χ3v) is 4.28. The number of carbonyl (C=O) groups is 1. The van der Waals surface area contributed by atoms with Crippen LogP contribution in [0.1, 0.15) is 32.3 Å². The Balaban J connectivity index is 0.00000220. The van der Waals surface area contributed by atoms with E-state index >= 15 is 0 Å². The second-order valence-corrected chi connectivity index (χ2v) is 6.23. The second kappa shape index (κ2) is 8.02. The number of piperidine rings is 1. The maximum absolute atomic E-state index is 12.8. The molecule has 1 saturated heterocycles. The van der Waals surface area contributed by atoms with Crippen molar-refractivity contribution in [1.29, 1.82) is 0 Å². The van der Waals surface area contributed by atoms with Gasteiger partial charge in [0.25, 0.3) is 0 Å². The maximum Gasteiger partial charge on any atom is 0.230 e. The highest BCUT2D eigenvalue weighted by Gasteiger charge is 2.37. The summed E-state index contributed by atoms with van der Waals surface area (Å²) in [6.45, 7) is 7.25. The smallest absolute Gasteiger partial charge is 0.230 e. The molecule has 5 heteroatoms. The first kappa shape index (κ1) is 18.3. The SMILES string of the molecule is CCN(Cc1cccc(Cl)c1)C(=O)C1(C)CCCNC1.Cl. The van der Waals surface area contributed by atoms with Crippen LogP contribution in [0.25, 0.3) is 0 Å². The van der Waals surface area contributed by atoms with Gasteiger partial charge in [0.2, 0.25) is 5.91 Å². The van der Waals surface area contributed by atoms with Crippen LogP contribution in [0.3, 0.4) is 0 Å². The molecule has 0 aliphatic carbocycles. The van der Waals surface area contributed by atoms with Crippen molar-refractivity contribution in [3.63, 3.8) is 0 Å². The van der Waals surface area contributed by atoms with Crippen molar-refractivity contribution < 1.29 is 4.79 Å². The van der Waals surface area contributed by atoms with Gasteiger partial charge in [-0.2, -0.15) is 0 Å². The van der Waals surface area contributed by atoms with E-state index in [0.717, 1.165) is 43.1 Å². The highest BCUT2D eigenvalue weighted by molar-refractivity contribution is 6.30. The molecule has 0 spiro atoms. The Hall–Kier alpha value is -0.770. The number of halogens is 2. The lowest BCUT2D eigenvalue weighted by molar-refractivity contribution is -0.142. The van der Waals surface area contributed by atoms with Crippen LogP contribution >= 0.6 is 24.0 Å². The van der Waals surface area contributed by atoms with Crippen molar-refractivity contribution in [2.75, 3.05) is 19.6 Å². The fraction of sp³-hybridized carbons (Fsp3) is 0.562. The molecule has 1 amide bonds. The zero-order valence-electron chi connectivity index (χ0n) is 12.7. The van der Waals surface area contributed by atoms with Gasteiger partial charge in [-0.15, -0.1) is 12.4 Å². The summed E-state index contributed by atoms with van der Waals surface area (Å²) >= 11 is 6.01. The lowest BCUT2D eigenvalue weighted by Gasteiger charge is -2.37. The number of hydrogen-bond donors (Lipinski definition) is 1. The first-order valence-corrected chi connectivity index (χ1v) is 7.67. The molecule has 3 nitrogen and oxygen atoms in total. The minimum atomic E-state index is -0.271. The van der Waals surface area contributed by atoms with Crippen LogP contribution in [0.15, 0.2) is 24.3 Å². The van der Waals surface area contributed by atoms with E-state index in [1.165, 1.54) is 0 Å². The Morgan fingerprint density at radius 2 is 2.24 bits per heavy atom. The molecule has 118 valence electrons. The molecule has 2 rings (SSSR count). The topological polar surface area (TPSA) is 32.3 Å². The van der Waals surface area contributed by atoms with Crippen molar-refractivity contribution in [1.82, 2.24) is 10.2 Å². The number of carbonyl (C=O) groups excluding carboxylic acids is 1. The molecule has 1 unspecified atom stereocenters. The number of benzene rings is 1. The molecule has 1 atom stereocenters. The van der Waals surface area contributed by atoms with E-state index < -0.39 is 0 Å². The van der Waals surface area contributed by atoms with E-state index in [1.54, 1.807) is 0 Å². The van der Waals surface area contributed by atoms with Gasteiger partial charge < -0.3 is 10.2 Å². The Kier molecular flexibility index (Phi) is 6.98. The summed E-state index contributed by atoms with van der Waals surface area (Å²) in [5.41, 5.74) is 0.812. The first-order chi connectivity index (χ1) is 9.55. The third kappa shape index (κ3) is 4.60. The lowest BCUT2D eigenvalue weighted by Crippen LogP contribution is -2.50. The summed E-state index contributed by atoms with van der Waals surface area (Å²) in [6, 6.07) is 7.73. The molecule has 0 radical (unpaired) electrons. The van der Waals surface area contributed by atoms with Crippen LogP contribution in [-0.2, 0) is 11.3 Å². The summed E-state index contributed by atoms with van der Waals surface area (Å²) < 4.78 is 0. The molecule has 1 aromatic rings. The Bertz CT molecular complexity index is 473. The number of nitrogens with zero attached hydrogens (tertiary/aromatic N) is 1. The van der Waals surface area contributed by atoms with E-state index in [0.29, 0.717) is 6.54 Å². The predicted molar refractivity (Wildman–Crippen MR) is 90.0 cm³/mol. The summed E-state index contributed by atoms with van der Waals surface area (Å²) in [4.78, 5) is 14.7. The summed E-state index contributed by atoms with van der Waals surface area (Å²) in [5.74, 6) is 0.243. The molecule has 0 aromatic heterocycles. The molecular formula is C16H24Cl2N2O. The average Bonchev–Trinajstić information content (AvgIpc) is 2.45. The largest absolute Gasteiger partial charge is 0.338 e. The van der Waals surface area contributed by atoms with Crippen LogP contribution in [0.4, 0.5) is 0 Å². The molecule has 0 bridgehead atoms. The van der Waals surface area contributed by atoms with Gasteiger partial charge in [0, 0.05) is 24.7 Å². The van der Waals surface area contributed by atoms with E-state index in [1.807, 2.05) is 36.1 Å². The Labute approximate surface area is 138 Å². The monoisotopic (exact) mass is 330 g/mol. The number of nitrogens with one attached hydrogen (secondary N) is 1. The molecule has 1 aromatic carbocycles. The first-order valence-electron chi connectivity index (χ1n) is 7.30. The minimum Gasteiger partial charge on any atom is -0.338 e. The van der Waals surface area contributed by atoms with Crippen LogP contribution in [0, 0.1) is 5.41 Å². The van der Waals surface area contributed by atoms with Crippen molar-refractivity contribution >= 4 is 29.9 Å². The molecule has 21 heavy (non-hydrogen) atoms. The quantitative estimate of drug-likeness (QED) is 0.916. The maximum atomic E-state index is 12.8. The molecule has 1 fully saturated rings.